The van der Waals surface area contributed by atoms with Crippen molar-refractivity contribution in [2.24, 2.45) is 0 Å². The van der Waals surface area contributed by atoms with E-state index in [0.717, 1.165) is 57.0 Å². The van der Waals surface area contributed by atoms with Crippen molar-refractivity contribution in [2.45, 2.75) is 51.0 Å². The molecule has 4 rings (SSSR count). The number of aryl methyl sites for hydroxylation is 1. The van der Waals surface area contributed by atoms with Crippen molar-refractivity contribution in [3.8, 4) is 0 Å². The molecule has 0 radical (unpaired) electrons. The molecule has 2 aliphatic heterocycles. The smallest absolute Gasteiger partial charge is 0.133 e. The van der Waals surface area contributed by atoms with Crippen LogP contribution in [-0.4, -0.2) is 41.5 Å². The van der Waals surface area contributed by atoms with Gasteiger partial charge in [-0.25, -0.2) is 0 Å². The molecule has 1 aromatic carbocycles. The molecule has 25 heavy (non-hydrogen) atoms. The van der Waals surface area contributed by atoms with Gasteiger partial charge in [0.05, 0.1) is 18.4 Å². The van der Waals surface area contributed by atoms with Gasteiger partial charge in [0.25, 0.3) is 0 Å². The van der Waals surface area contributed by atoms with Crippen LogP contribution in [0.1, 0.15) is 36.3 Å². The maximum absolute atomic E-state index is 6.32. The van der Waals surface area contributed by atoms with Gasteiger partial charge in [-0.2, -0.15) is 0 Å². The second-order valence-corrected chi connectivity index (χ2v) is 7.23. The van der Waals surface area contributed by atoms with Gasteiger partial charge in [-0.3, -0.25) is 4.90 Å². The Morgan fingerprint density at radius 3 is 2.92 bits per heavy atom. The molecule has 2 atom stereocenters. The summed E-state index contributed by atoms with van der Waals surface area (Å²) in [6.07, 6.45) is 3.33. The van der Waals surface area contributed by atoms with Crippen LogP contribution in [-0.2, 0) is 22.6 Å². The quantitative estimate of drug-likeness (QED) is 0.834. The number of piperidine rings is 1. The Morgan fingerprint density at radius 1 is 1.32 bits per heavy atom. The first-order chi connectivity index (χ1) is 12.2. The summed E-state index contributed by atoms with van der Waals surface area (Å²) >= 11 is 0. The Balaban J connectivity index is 1.41. The molecule has 0 amide bonds. The van der Waals surface area contributed by atoms with Crippen molar-refractivity contribution >= 4 is 0 Å². The molecule has 2 aliphatic rings. The zero-order chi connectivity index (χ0) is 17.1. The summed E-state index contributed by atoms with van der Waals surface area (Å²) in [6, 6.07) is 12.4. The van der Waals surface area contributed by atoms with E-state index in [0.29, 0.717) is 6.61 Å². The lowest BCUT2D eigenvalue weighted by Crippen LogP contribution is -2.57. The summed E-state index contributed by atoms with van der Waals surface area (Å²) in [5, 5.41) is 4.13. The van der Waals surface area contributed by atoms with E-state index in [1.165, 1.54) is 5.56 Å². The zero-order valence-electron chi connectivity index (χ0n) is 14.8. The molecule has 0 N–H and O–H groups in total. The number of aromatic nitrogens is 1. The van der Waals surface area contributed by atoms with Crippen molar-refractivity contribution in [1.29, 1.82) is 0 Å². The molecule has 3 heterocycles. The van der Waals surface area contributed by atoms with Crippen LogP contribution in [0.3, 0.4) is 0 Å². The molecule has 5 heteroatoms. The Hall–Kier alpha value is -1.69. The highest BCUT2D eigenvalue weighted by atomic mass is 16.6. The Kier molecular flexibility index (Phi) is 4.88. The first kappa shape index (κ1) is 16.8. The minimum absolute atomic E-state index is 0.158. The van der Waals surface area contributed by atoms with E-state index >= 15 is 0 Å². The fraction of sp³-hybridized carbons (Fsp3) is 0.550. The average molecular weight is 342 g/mol. The highest BCUT2D eigenvalue weighted by molar-refractivity contribution is 5.14. The van der Waals surface area contributed by atoms with E-state index < -0.39 is 0 Å². The third kappa shape index (κ3) is 3.78. The van der Waals surface area contributed by atoms with Gasteiger partial charge in [-0.15, -0.1) is 0 Å². The van der Waals surface area contributed by atoms with Gasteiger partial charge in [0.2, 0.25) is 0 Å². The fourth-order valence-corrected chi connectivity index (χ4v) is 4.08. The number of hydrogen-bond donors (Lipinski definition) is 0. The maximum atomic E-state index is 6.32. The summed E-state index contributed by atoms with van der Waals surface area (Å²) in [5.41, 5.74) is 2.04. The van der Waals surface area contributed by atoms with Gasteiger partial charge in [-0.05, 0) is 31.7 Å². The monoisotopic (exact) mass is 342 g/mol. The molecule has 0 aliphatic carbocycles. The van der Waals surface area contributed by atoms with Crippen molar-refractivity contribution in [3.05, 3.63) is 53.4 Å². The molecular formula is C20H26N2O3. The van der Waals surface area contributed by atoms with Gasteiger partial charge in [0, 0.05) is 32.3 Å². The fourth-order valence-electron chi connectivity index (χ4n) is 4.08. The number of likely N-dealkylation sites (tertiary alicyclic amines) is 1. The zero-order valence-corrected chi connectivity index (χ0v) is 14.8. The van der Waals surface area contributed by atoms with E-state index in [1.54, 1.807) is 0 Å². The number of benzene rings is 1. The Morgan fingerprint density at radius 2 is 2.20 bits per heavy atom. The molecule has 0 bridgehead atoms. The maximum Gasteiger partial charge on any atom is 0.133 e. The van der Waals surface area contributed by atoms with Crippen molar-refractivity contribution in [3.63, 3.8) is 0 Å². The molecular weight excluding hydrogens is 316 g/mol. The van der Waals surface area contributed by atoms with Crippen LogP contribution < -0.4 is 0 Å². The lowest BCUT2D eigenvalue weighted by atomic mass is 9.86. The first-order valence-corrected chi connectivity index (χ1v) is 9.18. The summed E-state index contributed by atoms with van der Waals surface area (Å²) in [4.78, 5) is 2.42. The summed E-state index contributed by atoms with van der Waals surface area (Å²) in [7, 11) is 0. The lowest BCUT2D eigenvalue weighted by molar-refractivity contribution is -0.160. The molecule has 1 aromatic heterocycles. The van der Waals surface area contributed by atoms with E-state index in [9.17, 15) is 0 Å². The topological polar surface area (TPSA) is 47.7 Å². The van der Waals surface area contributed by atoms with Crippen LogP contribution in [0.25, 0.3) is 0 Å². The normalized spacial score (nSPS) is 27.2. The molecule has 0 saturated carbocycles. The predicted octanol–water partition coefficient (Wildman–Crippen LogP) is 3.32. The SMILES string of the molecule is Cc1cc(CN2CC[C@H](OCc3ccccc3)[C@]3(CCCO3)C2)no1. The predicted molar refractivity (Wildman–Crippen MR) is 94.1 cm³/mol. The first-order valence-electron chi connectivity index (χ1n) is 9.18. The van der Waals surface area contributed by atoms with Crippen molar-refractivity contribution in [1.82, 2.24) is 10.1 Å². The van der Waals surface area contributed by atoms with E-state index in [-0.39, 0.29) is 11.7 Å². The van der Waals surface area contributed by atoms with Gasteiger partial charge < -0.3 is 14.0 Å². The Bertz CT molecular complexity index is 679. The summed E-state index contributed by atoms with van der Waals surface area (Å²) < 4.78 is 17.8. The molecule has 5 nitrogen and oxygen atoms in total. The van der Waals surface area contributed by atoms with Gasteiger partial charge in [0.15, 0.2) is 0 Å². The van der Waals surface area contributed by atoms with Crippen molar-refractivity contribution < 1.29 is 14.0 Å². The summed E-state index contributed by atoms with van der Waals surface area (Å²) in [5.74, 6) is 0.864. The highest BCUT2D eigenvalue weighted by Crippen LogP contribution is 2.37. The van der Waals surface area contributed by atoms with E-state index in [2.05, 4.69) is 34.3 Å². The standard InChI is InChI=1S/C20H26N2O3/c1-16-12-18(21-25-16)13-22-10-8-19(20(15-22)9-5-11-24-20)23-14-17-6-3-2-4-7-17/h2-4,6-7,12,19H,5,8-11,13-15H2,1H3/t19-,20-/m0/s1. The number of hydrogen-bond acceptors (Lipinski definition) is 5. The number of nitrogens with zero attached hydrogens (tertiary/aromatic N) is 2. The molecule has 0 unspecified atom stereocenters. The molecule has 2 fully saturated rings. The second kappa shape index (κ2) is 7.28. The molecule has 2 saturated heterocycles. The van der Waals surface area contributed by atoms with E-state index in [4.69, 9.17) is 14.0 Å². The van der Waals surface area contributed by atoms with Gasteiger partial charge in [0.1, 0.15) is 11.4 Å². The van der Waals surface area contributed by atoms with E-state index in [1.807, 2.05) is 19.1 Å². The average Bonchev–Trinajstić information content (AvgIpc) is 3.25. The third-order valence-electron chi connectivity index (χ3n) is 5.28. The van der Waals surface area contributed by atoms with Crippen molar-refractivity contribution in [2.75, 3.05) is 19.7 Å². The minimum Gasteiger partial charge on any atom is -0.371 e. The van der Waals surface area contributed by atoms with Crippen LogP contribution in [0.5, 0.6) is 0 Å². The summed E-state index contributed by atoms with van der Waals surface area (Å²) in [6.45, 7) is 6.13. The largest absolute Gasteiger partial charge is 0.371 e. The number of rotatable bonds is 5. The second-order valence-electron chi connectivity index (χ2n) is 7.23. The number of ether oxygens (including phenoxy) is 2. The molecule has 1 spiro atoms. The highest BCUT2D eigenvalue weighted by Gasteiger charge is 2.47. The van der Waals surface area contributed by atoms with Gasteiger partial charge >= 0.3 is 0 Å². The lowest BCUT2D eigenvalue weighted by Gasteiger charge is -2.45. The third-order valence-corrected chi connectivity index (χ3v) is 5.28. The Labute approximate surface area is 148 Å². The van der Waals surface area contributed by atoms with Crippen LogP contribution in [0, 0.1) is 6.92 Å². The van der Waals surface area contributed by atoms with Crippen LogP contribution in [0.15, 0.2) is 40.9 Å². The molecule has 134 valence electrons. The molecule has 2 aromatic rings. The van der Waals surface area contributed by atoms with Crippen LogP contribution >= 0.6 is 0 Å². The minimum atomic E-state index is -0.175. The van der Waals surface area contributed by atoms with Gasteiger partial charge in [-0.1, -0.05) is 35.5 Å². The van der Waals surface area contributed by atoms with Crippen LogP contribution in [0.2, 0.25) is 0 Å². The van der Waals surface area contributed by atoms with Crippen LogP contribution in [0.4, 0.5) is 0 Å².